The fourth-order valence-electron chi connectivity index (χ4n) is 5.58. The van der Waals surface area contributed by atoms with E-state index in [1.54, 1.807) is 0 Å². The number of hydrogen-bond acceptors (Lipinski definition) is 3. The second-order valence-electron chi connectivity index (χ2n) is 10.7. The molecular weight excluding hydrogens is 480 g/mol. The van der Waals surface area contributed by atoms with Gasteiger partial charge in [0, 0.05) is 11.5 Å². The zero-order chi connectivity index (χ0) is 27.1. The lowest BCUT2D eigenvalue weighted by atomic mass is 9.80. The molecule has 1 heterocycles. The molecule has 3 nitrogen and oxygen atoms in total. The van der Waals surface area contributed by atoms with Gasteiger partial charge < -0.3 is 14.2 Å². The van der Waals surface area contributed by atoms with Crippen LogP contribution < -0.4 is 0 Å². The van der Waals surface area contributed by atoms with E-state index in [2.05, 4.69) is 111 Å². The first-order valence-electron chi connectivity index (χ1n) is 13.9. The molecule has 0 spiro atoms. The third kappa shape index (κ3) is 6.07. The number of benzene rings is 4. The minimum atomic E-state index is -0.722. The molecule has 1 fully saturated rings. The van der Waals surface area contributed by atoms with Gasteiger partial charge in [0.15, 0.2) is 6.29 Å². The quantitative estimate of drug-likeness (QED) is 0.156. The van der Waals surface area contributed by atoms with Crippen LogP contribution in [0, 0.1) is 11.8 Å². The van der Waals surface area contributed by atoms with Crippen molar-refractivity contribution in [3.05, 3.63) is 156 Å². The molecule has 5 rings (SSSR count). The topological polar surface area (TPSA) is 27.7 Å². The van der Waals surface area contributed by atoms with Gasteiger partial charge in [-0.3, -0.25) is 0 Å². The van der Waals surface area contributed by atoms with Gasteiger partial charge in [0.2, 0.25) is 0 Å². The largest absolute Gasteiger partial charge is 0.361 e. The van der Waals surface area contributed by atoms with Crippen LogP contribution in [0.2, 0.25) is 0 Å². The molecule has 0 N–H and O–H groups in total. The standard InChI is InChI=1S/C36H38O3/c1-27(24-28(2)34-29(3)26-37-35(39-34)30-16-8-4-9-17-30)25-38-36(31-18-10-5-11-19-31,32-20-12-6-13-21-32)33-22-14-7-15-23-33/h4-23,27,29,34-35H,2,24-26H2,1,3H3/t27-,29-,34+,35-/m1/s1. The van der Waals surface area contributed by atoms with Crippen LogP contribution in [0.15, 0.2) is 133 Å². The Morgan fingerprint density at radius 2 is 1.26 bits per heavy atom. The summed E-state index contributed by atoms with van der Waals surface area (Å²) in [4.78, 5) is 0. The summed E-state index contributed by atoms with van der Waals surface area (Å²) in [6.45, 7) is 10.1. The summed E-state index contributed by atoms with van der Waals surface area (Å²) in [5.74, 6) is 0.476. The highest BCUT2D eigenvalue weighted by molar-refractivity contribution is 5.47. The minimum absolute atomic E-state index is 0.0615. The maximum atomic E-state index is 7.05. The zero-order valence-electron chi connectivity index (χ0n) is 22.9. The Hall–Kier alpha value is -3.50. The highest BCUT2D eigenvalue weighted by Crippen LogP contribution is 2.41. The lowest BCUT2D eigenvalue weighted by molar-refractivity contribution is -0.229. The highest BCUT2D eigenvalue weighted by Gasteiger charge is 2.38. The van der Waals surface area contributed by atoms with E-state index >= 15 is 0 Å². The van der Waals surface area contributed by atoms with Crippen molar-refractivity contribution in [1.82, 2.24) is 0 Å². The van der Waals surface area contributed by atoms with Crippen LogP contribution in [-0.2, 0) is 19.8 Å². The predicted octanol–water partition coefficient (Wildman–Crippen LogP) is 8.33. The average molecular weight is 519 g/mol. The Morgan fingerprint density at radius 1 is 0.795 bits per heavy atom. The van der Waals surface area contributed by atoms with Gasteiger partial charge in [-0.05, 0) is 34.6 Å². The summed E-state index contributed by atoms with van der Waals surface area (Å²) in [6.07, 6.45) is 0.386. The van der Waals surface area contributed by atoms with E-state index in [1.807, 2.05) is 30.3 Å². The highest BCUT2D eigenvalue weighted by atomic mass is 16.7. The molecular formula is C36H38O3. The molecule has 0 amide bonds. The Labute approximate surface area is 233 Å². The van der Waals surface area contributed by atoms with Crippen LogP contribution in [0.1, 0.15) is 48.8 Å². The van der Waals surface area contributed by atoms with Gasteiger partial charge in [-0.1, -0.05) is 142 Å². The molecule has 1 aliphatic rings. The maximum absolute atomic E-state index is 7.05. The monoisotopic (exact) mass is 518 g/mol. The number of ether oxygens (including phenoxy) is 3. The molecule has 3 heteroatoms. The third-order valence-corrected chi connectivity index (χ3v) is 7.51. The summed E-state index contributed by atoms with van der Waals surface area (Å²) in [5, 5.41) is 0. The van der Waals surface area contributed by atoms with Gasteiger partial charge in [0.25, 0.3) is 0 Å². The summed E-state index contributed by atoms with van der Waals surface area (Å²) in [7, 11) is 0. The first-order chi connectivity index (χ1) is 19.1. The van der Waals surface area contributed by atoms with Gasteiger partial charge in [0.05, 0.1) is 19.3 Å². The van der Waals surface area contributed by atoms with Crippen molar-refractivity contribution in [2.75, 3.05) is 13.2 Å². The van der Waals surface area contributed by atoms with E-state index in [-0.39, 0.29) is 24.2 Å². The van der Waals surface area contributed by atoms with E-state index in [0.717, 1.165) is 34.2 Å². The molecule has 0 bridgehead atoms. The second kappa shape index (κ2) is 12.6. The van der Waals surface area contributed by atoms with Gasteiger partial charge >= 0.3 is 0 Å². The Morgan fingerprint density at radius 3 is 1.74 bits per heavy atom. The van der Waals surface area contributed by atoms with Crippen LogP contribution in [0.4, 0.5) is 0 Å². The Balaban J connectivity index is 1.36. The van der Waals surface area contributed by atoms with Crippen LogP contribution >= 0.6 is 0 Å². The normalized spacial score (nSPS) is 20.3. The number of hydrogen-bond donors (Lipinski definition) is 0. The predicted molar refractivity (Wildman–Crippen MR) is 157 cm³/mol. The smallest absolute Gasteiger partial charge is 0.184 e. The van der Waals surface area contributed by atoms with E-state index in [9.17, 15) is 0 Å². The fraction of sp³-hybridized carbons (Fsp3) is 0.278. The number of rotatable bonds is 10. The Bertz CT molecular complexity index is 1210. The Kier molecular flexibility index (Phi) is 8.73. The lowest BCUT2D eigenvalue weighted by Gasteiger charge is -2.38. The van der Waals surface area contributed by atoms with Gasteiger partial charge in [-0.15, -0.1) is 0 Å². The molecule has 4 aromatic rings. The maximum Gasteiger partial charge on any atom is 0.184 e. The van der Waals surface area contributed by atoms with E-state index in [1.165, 1.54) is 0 Å². The zero-order valence-corrected chi connectivity index (χ0v) is 22.9. The molecule has 0 aromatic heterocycles. The van der Waals surface area contributed by atoms with Crippen molar-refractivity contribution in [3.8, 4) is 0 Å². The third-order valence-electron chi connectivity index (χ3n) is 7.51. The molecule has 4 aromatic carbocycles. The van der Waals surface area contributed by atoms with Crippen LogP contribution in [0.5, 0.6) is 0 Å². The van der Waals surface area contributed by atoms with E-state index < -0.39 is 5.60 Å². The molecule has 0 unspecified atom stereocenters. The summed E-state index contributed by atoms with van der Waals surface area (Å²) < 4.78 is 19.5. The summed E-state index contributed by atoms with van der Waals surface area (Å²) in [5.41, 5.74) is 4.74. The molecule has 4 atom stereocenters. The lowest BCUT2D eigenvalue weighted by Crippen LogP contribution is -2.37. The van der Waals surface area contributed by atoms with Crippen LogP contribution in [-0.4, -0.2) is 19.3 Å². The van der Waals surface area contributed by atoms with Crippen molar-refractivity contribution in [3.63, 3.8) is 0 Å². The van der Waals surface area contributed by atoms with Crippen LogP contribution in [0.25, 0.3) is 0 Å². The first kappa shape index (κ1) is 27.1. The fourth-order valence-corrected chi connectivity index (χ4v) is 5.58. The summed E-state index contributed by atoms with van der Waals surface area (Å²) >= 11 is 0. The van der Waals surface area contributed by atoms with Crippen LogP contribution in [0.3, 0.4) is 0 Å². The van der Waals surface area contributed by atoms with Crippen molar-refractivity contribution < 1.29 is 14.2 Å². The van der Waals surface area contributed by atoms with Gasteiger partial charge in [0.1, 0.15) is 5.60 Å². The molecule has 1 saturated heterocycles. The molecule has 0 saturated carbocycles. The summed E-state index contributed by atoms with van der Waals surface area (Å²) in [6, 6.07) is 41.7. The molecule has 0 radical (unpaired) electrons. The second-order valence-corrected chi connectivity index (χ2v) is 10.7. The van der Waals surface area contributed by atoms with E-state index in [4.69, 9.17) is 14.2 Å². The average Bonchev–Trinajstić information content (AvgIpc) is 3.00. The molecule has 39 heavy (non-hydrogen) atoms. The van der Waals surface area contributed by atoms with Crippen molar-refractivity contribution in [2.45, 2.75) is 38.3 Å². The molecule has 0 aliphatic carbocycles. The SMILES string of the molecule is C=C(C[C@@H](C)COC(c1ccccc1)(c1ccccc1)c1ccccc1)[C@@H]1O[C@H](c2ccccc2)OC[C@H]1C. The van der Waals surface area contributed by atoms with Crippen molar-refractivity contribution >= 4 is 0 Å². The van der Waals surface area contributed by atoms with Crippen molar-refractivity contribution in [1.29, 1.82) is 0 Å². The molecule has 1 aliphatic heterocycles. The van der Waals surface area contributed by atoms with Gasteiger partial charge in [-0.2, -0.15) is 0 Å². The minimum Gasteiger partial charge on any atom is -0.361 e. The van der Waals surface area contributed by atoms with Crippen molar-refractivity contribution in [2.24, 2.45) is 11.8 Å². The van der Waals surface area contributed by atoms with E-state index in [0.29, 0.717) is 13.2 Å². The first-order valence-corrected chi connectivity index (χ1v) is 13.9. The van der Waals surface area contributed by atoms with Gasteiger partial charge in [-0.25, -0.2) is 0 Å². The molecule has 200 valence electrons.